The van der Waals surface area contributed by atoms with Crippen LogP contribution in [0.25, 0.3) is 0 Å². The van der Waals surface area contributed by atoms with E-state index < -0.39 is 12.1 Å². The molecule has 1 aromatic heterocycles. The van der Waals surface area contributed by atoms with E-state index in [1.807, 2.05) is 6.92 Å². The van der Waals surface area contributed by atoms with Gasteiger partial charge in [-0.1, -0.05) is 6.92 Å². The first-order chi connectivity index (χ1) is 8.15. The van der Waals surface area contributed by atoms with Crippen molar-refractivity contribution in [3.8, 4) is 5.75 Å². The smallest absolute Gasteiger partial charge is 0.341 e. The number of esters is 1. The highest BCUT2D eigenvalue weighted by molar-refractivity contribution is 5.76. The molecule has 0 spiro atoms. The maximum Gasteiger partial charge on any atom is 0.341 e. The van der Waals surface area contributed by atoms with Crippen molar-refractivity contribution in [2.45, 2.75) is 32.9 Å². The zero-order valence-corrected chi connectivity index (χ0v) is 10.3. The highest BCUT2D eigenvalue weighted by Gasteiger charge is 2.27. The minimum atomic E-state index is -1.36. The molecule has 0 amide bonds. The Morgan fingerprint density at radius 1 is 1.59 bits per heavy atom. The van der Waals surface area contributed by atoms with Crippen LogP contribution >= 0.6 is 0 Å². The average molecular weight is 242 g/mol. The molecule has 0 fully saturated rings. The highest BCUT2D eigenvalue weighted by Crippen LogP contribution is 2.26. The molecule has 0 aliphatic rings. The lowest BCUT2D eigenvalue weighted by molar-refractivity contribution is -0.153. The predicted molar refractivity (Wildman–Crippen MR) is 60.7 cm³/mol. The first-order valence-electron chi connectivity index (χ1n) is 5.60. The Balaban J connectivity index is 2.99. The first kappa shape index (κ1) is 13.5. The Bertz CT molecular complexity index is 376. The van der Waals surface area contributed by atoms with Crippen LogP contribution < -0.4 is 4.74 Å². The third-order valence-electron chi connectivity index (χ3n) is 2.27. The summed E-state index contributed by atoms with van der Waals surface area (Å²) < 4.78 is 11.4. The van der Waals surface area contributed by atoms with E-state index in [9.17, 15) is 9.90 Å². The second kappa shape index (κ2) is 6.24. The van der Waals surface area contributed by atoms with E-state index in [4.69, 9.17) is 9.47 Å². The largest absolute Gasteiger partial charge is 0.493 e. The van der Waals surface area contributed by atoms with Gasteiger partial charge in [-0.15, -0.1) is 0 Å². The van der Waals surface area contributed by atoms with Crippen LogP contribution in [0.15, 0.2) is 6.20 Å². The van der Waals surface area contributed by atoms with Crippen LogP contribution in [0.5, 0.6) is 5.75 Å². The molecule has 0 aromatic carbocycles. The number of hydrogen-bond acceptors (Lipinski definition) is 5. The SMILES string of the molecule is CCCn1ncc(OC)c1C(O)C(=O)OCC. The molecule has 0 radical (unpaired) electrons. The Kier molecular flexibility index (Phi) is 4.96. The van der Waals surface area contributed by atoms with Gasteiger partial charge in [-0.2, -0.15) is 5.10 Å². The van der Waals surface area contributed by atoms with Crippen LogP contribution in [0.3, 0.4) is 0 Å². The number of carbonyl (C=O) groups is 1. The Morgan fingerprint density at radius 2 is 2.29 bits per heavy atom. The van der Waals surface area contributed by atoms with Crippen LogP contribution in [0, 0.1) is 0 Å². The minimum Gasteiger partial charge on any atom is -0.493 e. The predicted octanol–water partition coefficient (Wildman–Crippen LogP) is 0.898. The minimum absolute atomic E-state index is 0.222. The standard InChI is InChI=1S/C11H18N2O4/c1-4-6-13-9(8(16-3)7-12-13)10(14)11(15)17-5-2/h7,10,14H,4-6H2,1-3H3. The molecule has 96 valence electrons. The van der Waals surface area contributed by atoms with Crippen LogP contribution in [0.4, 0.5) is 0 Å². The zero-order valence-electron chi connectivity index (χ0n) is 10.3. The quantitative estimate of drug-likeness (QED) is 0.750. The molecule has 0 bridgehead atoms. The number of methoxy groups -OCH3 is 1. The molecular weight excluding hydrogens is 224 g/mol. The normalized spacial score (nSPS) is 12.2. The van der Waals surface area contributed by atoms with Gasteiger partial charge in [0.1, 0.15) is 5.69 Å². The molecule has 1 heterocycles. The summed E-state index contributed by atoms with van der Waals surface area (Å²) in [4.78, 5) is 11.5. The molecular formula is C11H18N2O4. The fraction of sp³-hybridized carbons (Fsp3) is 0.636. The number of hydrogen-bond donors (Lipinski definition) is 1. The van der Waals surface area contributed by atoms with Gasteiger partial charge in [-0.05, 0) is 13.3 Å². The molecule has 1 aromatic rings. The van der Waals surface area contributed by atoms with Crippen LogP contribution in [-0.2, 0) is 16.1 Å². The lowest BCUT2D eigenvalue weighted by atomic mass is 10.2. The third-order valence-corrected chi connectivity index (χ3v) is 2.27. The number of carbonyl (C=O) groups excluding carboxylic acids is 1. The topological polar surface area (TPSA) is 73.6 Å². The van der Waals surface area contributed by atoms with Crippen LogP contribution in [-0.4, -0.2) is 34.6 Å². The summed E-state index contributed by atoms with van der Waals surface area (Å²) in [6.45, 7) is 4.50. The van der Waals surface area contributed by atoms with Crippen molar-refractivity contribution in [2.24, 2.45) is 0 Å². The zero-order chi connectivity index (χ0) is 12.8. The Hall–Kier alpha value is -1.56. The van der Waals surface area contributed by atoms with Gasteiger partial charge in [-0.25, -0.2) is 4.79 Å². The summed E-state index contributed by atoms with van der Waals surface area (Å²) in [5.41, 5.74) is 0.341. The van der Waals surface area contributed by atoms with Crippen LogP contribution in [0.2, 0.25) is 0 Å². The Labute approximate surface area is 100 Å². The summed E-state index contributed by atoms with van der Waals surface area (Å²) in [5, 5.41) is 14.0. The molecule has 0 saturated heterocycles. The lowest BCUT2D eigenvalue weighted by Crippen LogP contribution is -2.20. The molecule has 6 heteroatoms. The molecule has 0 saturated carbocycles. The maximum atomic E-state index is 11.5. The number of rotatable bonds is 6. The van der Waals surface area contributed by atoms with Crippen molar-refractivity contribution in [1.82, 2.24) is 9.78 Å². The van der Waals surface area contributed by atoms with Gasteiger partial charge in [0, 0.05) is 6.54 Å². The molecule has 0 aliphatic carbocycles. The maximum absolute atomic E-state index is 11.5. The monoisotopic (exact) mass is 242 g/mol. The summed E-state index contributed by atoms with van der Waals surface area (Å²) in [6.07, 6.45) is 0.958. The van der Waals surface area contributed by atoms with Crippen molar-refractivity contribution in [3.63, 3.8) is 0 Å². The van der Waals surface area contributed by atoms with Gasteiger partial charge in [0.25, 0.3) is 0 Å². The molecule has 17 heavy (non-hydrogen) atoms. The van der Waals surface area contributed by atoms with Gasteiger partial charge < -0.3 is 14.6 Å². The van der Waals surface area contributed by atoms with Gasteiger partial charge >= 0.3 is 5.97 Å². The van der Waals surface area contributed by atoms with E-state index in [0.29, 0.717) is 18.0 Å². The summed E-state index contributed by atoms with van der Waals surface area (Å²) >= 11 is 0. The number of aromatic nitrogens is 2. The fourth-order valence-corrected chi connectivity index (χ4v) is 1.53. The lowest BCUT2D eigenvalue weighted by Gasteiger charge is -2.13. The summed E-state index contributed by atoms with van der Waals surface area (Å²) in [7, 11) is 1.47. The summed E-state index contributed by atoms with van der Waals surface area (Å²) in [6, 6.07) is 0. The average Bonchev–Trinajstić information content (AvgIpc) is 2.72. The van der Waals surface area contributed by atoms with E-state index in [0.717, 1.165) is 6.42 Å². The van der Waals surface area contributed by atoms with E-state index in [1.165, 1.54) is 13.3 Å². The molecule has 1 atom stereocenters. The van der Waals surface area contributed by atoms with Crippen LogP contribution in [0.1, 0.15) is 32.1 Å². The molecule has 0 aliphatic heterocycles. The number of aliphatic hydroxyl groups excluding tert-OH is 1. The van der Waals surface area contributed by atoms with Crippen molar-refractivity contribution in [1.29, 1.82) is 0 Å². The van der Waals surface area contributed by atoms with Gasteiger partial charge in [0.15, 0.2) is 11.9 Å². The summed E-state index contributed by atoms with van der Waals surface area (Å²) in [5.74, 6) is -0.303. The Morgan fingerprint density at radius 3 is 2.82 bits per heavy atom. The van der Waals surface area contributed by atoms with Gasteiger partial charge in [0.05, 0.1) is 19.9 Å². The van der Waals surface area contributed by atoms with Crippen molar-refractivity contribution in [3.05, 3.63) is 11.9 Å². The molecule has 1 N–H and O–H groups in total. The number of aryl methyl sites for hydroxylation is 1. The number of ether oxygens (including phenoxy) is 2. The molecule has 1 unspecified atom stereocenters. The number of aliphatic hydroxyl groups is 1. The second-order valence-electron chi connectivity index (χ2n) is 3.48. The van der Waals surface area contributed by atoms with Gasteiger partial charge in [-0.3, -0.25) is 4.68 Å². The third kappa shape index (κ3) is 2.97. The van der Waals surface area contributed by atoms with E-state index in [2.05, 4.69) is 5.10 Å². The fourth-order valence-electron chi connectivity index (χ4n) is 1.53. The van der Waals surface area contributed by atoms with Crippen molar-refractivity contribution >= 4 is 5.97 Å². The number of nitrogens with zero attached hydrogens (tertiary/aromatic N) is 2. The van der Waals surface area contributed by atoms with Crippen molar-refractivity contribution < 1.29 is 19.4 Å². The van der Waals surface area contributed by atoms with Crippen molar-refractivity contribution in [2.75, 3.05) is 13.7 Å². The molecule has 6 nitrogen and oxygen atoms in total. The van der Waals surface area contributed by atoms with E-state index in [1.54, 1.807) is 11.6 Å². The van der Waals surface area contributed by atoms with E-state index in [-0.39, 0.29) is 6.61 Å². The first-order valence-corrected chi connectivity index (χ1v) is 5.60. The highest BCUT2D eigenvalue weighted by atomic mass is 16.5. The molecule has 1 rings (SSSR count). The van der Waals surface area contributed by atoms with E-state index >= 15 is 0 Å². The van der Waals surface area contributed by atoms with Gasteiger partial charge in [0.2, 0.25) is 0 Å². The second-order valence-corrected chi connectivity index (χ2v) is 3.48.